The third kappa shape index (κ3) is 3.87. The Kier molecular flexibility index (Phi) is 5.66. The summed E-state index contributed by atoms with van der Waals surface area (Å²) in [6.07, 6.45) is 3.69. The van der Waals surface area contributed by atoms with Crippen molar-refractivity contribution in [1.29, 1.82) is 0 Å². The van der Waals surface area contributed by atoms with Gasteiger partial charge in [-0.25, -0.2) is 8.42 Å². The van der Waals surface area contributed by atoms with E-state index in [0.29, 0.717) is 18.1 Å². The molecule has 1 aliphatic carbocycles. The van der Waals surface area contributed by atoms with E-state index in [-0.39, 0.29) is 22.5 Å². The second-order valence-electron chi connectivity index (χ2n) is 7.40. The maximum atomic E-state index is 13.4. The first-order valence-corrected chi connectivity index (χ1v) is 11.7. The van der Waals surface area contributed by atoms with E-state index < -0.39 is 26.5 Å². The number of hydrogen-bond acceptors (Lipinski definition) is 5. The lowest BCUT2D eigenvalue weighted by molar-refractivity contribution is 0.0947. The molecule has 0 bridgehead atoms. The summed E-state index contributed by atoms with van der Waals surface area (Å²) in [5.41, 5.74) is 0.591. The predicted molar refractivity (Wildman–Crippen MR) is 116 cm³/mol. The van der Waals surface area contributed by atoms with Crippen molar-refractivity contribution in [3.05, 3.63) is 75.3 Å². The van der Waals surface area contributed by atoms with E-state index >= 15 is 0 Å². The topological polar surface area (TPSA) is 83.6 Å². The fraction of sp³-hybridized carbons (Fsp3) is 0.273. The lowest BCUT2D eigenvalue weighted by Crippen LogP contribution is -2.38. The van der Waals surface area contributed by atoms with E-state index in [2.05, 4.69) is 4.72 Å². The minimum Gasteiger partial charge on any atom is -0.367 e. The van der Waals surface area contributed by atoms with Gasteiger partial charge in [-0.2, -0.15) is 0 Å². The zero-order valence-electron chi connectivity index (χ0n) is 16.2. The molecule has 0 spiro atoms. The summed E-state index contributed by atoms with van der Waals surface area (Å²) in [7, 11) is -4.31. The molecule has 0 atom stereocenters. The number of hydrogen-bond donors (Lipinski definition) is 1. The van der Waals surface area contributed by atoms with Gasteiger partial charge >= 0.3 is 0 Å². The number of halogens is 1. The van der Waals surface area contributed by atoms with Crippen molar-refractivity contribution in [2.45, 2.75) is 25.7 Å². The van der Waals surface area contributed by atoms with Gasteiger partial charge < -0.3 is 4.90 Å². The number of rotatable bonds is 4. The predicted octanol–water partition coefficient (Wildman–Crippen LogP) is 4.25. The lowest BCUT2D eigenvalue weighted by atomic mass is 9.91. The maximum Gasteiger partial charge on any atom is 0.268 e. The monoisotopic (exact) mass is 444 g/mol. The quantitative estimate of drug-likeness (QED) is 0.762. The number of Topliss-reactive ketones (excluding diaryl/α,β-unsaturated/α-hetero) is 2. The van der Waals surface area contributed by atoms with Gasteiger partial charge in [-0.05, 0) is 37.1 Å². The number of ketones is 2. The summed E-state index contributed by atoms with van der Waals surface area (Å²) < 4.78 is 29.1. The van der Waals surface area contributed by atoms with Crippen molar-refractivity contribution in [1.82, 2.24) is 4.90 Å². The van der Waals surface area contributed by atoms with Crippen molar-refractivity contribution in [2.24, 2.45) is 0 Å². The molecular weight excluding hydrogens is 424 g/mol. The minimum absolute atomic E-state index is 0.0259. The smallest absolute Gasteiger partial charge is 0.268 e. The number of nitrogens with zero attached hydrogens (tertiary/aromatic N) is 1. The highest BCUT2D eigenvalue weighted by molar-refractivity contribution is 7.97. The second-order valence-corrected chi connectivity index (χ2v) is 9.45. The third-order valence-corrected chi connectivity index (χ3v) is 7.01. The van der Waals surface area contributed by atoms with Gasteiger partial charge in [-0.1, -0.05) is 48.7 Å². The van der Waals surface area contributed by atoms with E-state index in [0.717, 1.165) is 25.7 Å². The number of fused-ring (bicyclic) bond motifs is 1. The number of carbonyl (C=O) groups excluding carboxylic acids is 2. The summed E-state index contributed by atoms with van der Waals surface area (Å²) in [4.78, 5) is 28.0. The molecule has 8 heteroatoms. The molecule has 0 amide bonds. The molecule has 6 nitrogen and oxygen atoms in total. The van der Waals surface area contributed by atoms with Gasteiger partial charge in [-0.15, -0.1) is 0 Å². The van der Waals surface area contributed by atoms with E-state index in [9.17, 15) is 18.0 Å². The Morgan fingerprint density at radius 1 is 0.800 bits per heavy atom. The Morgan fingerprint density at radius 3 is 1.97 bits per heavy atom. The van der Waals surface area contributed by atoms with Crippen LogP contribution in [0.1, 0.15) is 46.4 Å². The van der Waals surface area contributed by atoms with Crippen LogP contribution in [0, 0.1) is 0 Å². The van der Waals surface area contributed by atoms with Gasteiger partial charge in [0, 0.05) is 34.9 Å². The molecule has 1 N–H and O–H groups in total. The van der Waals surface area contributed by atoms with Gasteiger partial charge in [0.1, 0.15) is 5.70 Å². The molecule has 30 heavy (non-hydrogen) atoms. The summed E-state index contributed by atoms with van der Waals surface area (Å²) in [5, 5.41) is 0.459. The second kappa shape index (κ2) is 8.24. The molecule has 2 aromatic carbocycles. The number of anilines is 1. The highest BCUT2D eigenvalue weighted by Gasteiger charge is 2.41. The van der Waals surface area contributed by atoms with Crippen LogP contribution in [0.3, 0.4) is 0 Å². The summed E-state index contributed by atoms with van der Waals surface area (Å²) in [6.45, 7) is 1.08. The first-order chi connectivity index (χ1) is 14.4. The van der Waals surface area contributed by atoms with E-state index in [4.69, 9.17) is 11.6 Å². The zero-order chi connectivity index (χ0) is 21.3. The Morgan fingerprint density at radius 2 is 1.37 bits per heavy atom. The minimum atomic E-state index is -4.31. The number of allylic oxidation sites excluding steroid dienone is 2. The van der Waals surface area contributed by atoms with Gasteiger partial charge in [-0.3, -0.25) is 14.3 Å². The SMILES string of the molecule is O=C1C(N2CCCCCC2)=C(S(=O)(=O)Nc2ccc(Cl)cc2)C(=O)c2ccccc21. The van der Waals surface area contributed by atoms with E-state index in [1.54, 1.807) is 35.2 Å². The van der Waals surface area contributed by atoms with Crippen LogP contribution >= 0.6 is 11.6 Å². The number of sulfonamides is 1. The third-order valence-electron chi connectivity index (χ3n) is 5.34. The Balaban J connectivity index is 1.86. The normalized spacial score (nSPS) is 17.6. The molecule has 2 aliphatic rings. The van der Waals surface area contributed by atoms with Crippen LogP contribution < -0.4 is 4.72 Å². The largest absolute Gasteiger partial charge is 0.367 e. The highest BCUT2D eigenvalue weighted by atomic mass is 35.5. The Hall–Kier alpha value is -2.64. The lowest BCUT2D eigenvalue weighted by Gasteiger charge is -2.30. The van der Waals surface area contributed by atoms with Crippen LogP contribution in [0.25, 0.3) is 0 Å². The number of carbonyl (C=O) groups is 2. The molecule has 0 aromatic heterocycles. The molecular formula is C22H21ClN2O4S. The van der Waals surface area contributed by atoms with Gasteiger partial charge in [0.15, 0.2) is 4.91 Å². The van der Waals surface area contributed by atoms with Crippen molar-refractivity contribution in [3.63, 3.8) is 0 Å². The summed E-state index contributed by atoms with van der Waals surface area (Å²) >= 11 is 5.88. The van der Waals surface area contributed by atoms with Crippen LogP contribution in [0.5, 0.6) is 0 Å². The molecule has 156 valence electrons. The van der Waals surface area contributed by atoms with Crippen molar-refractivity contribution >= 4 is 38.9 Å². The molecule has 1 aliphatic heterocycles. The van der Waals surface area contributed by atoms with E-state index in [1.165, 1.54) is 18.2 Å². The molecule has 0 unspecified atom stereocenters. The van der Waals surface area contributed by atoms with Crippen molar-refractivity contribution < 1.29 is 18.0 Å². The maximum absolute atomic E-state index is 13.4. The summed E-state index contributed by atoms with van der Waals surface area (Å²) in [5.74, 6) is -1.09. The van der Waals surface area contributed by atoms with Crippen molar-refractivity contribution in [3.8, 4) is 0 Å². The van der Waals surface area contributed by atoms with Crippen LogP contribution in [-0.2, 0) is 10.0 Å². The summed E-state index contributed by atoms with van der Waals surface area (Å²) in [6, 6.07) is 12.5. The van der Waals surface area contributed by atoms with Crippen LogP contribution in [0.4, 0.5) is 5.69 Å². The van der Waals surface area contributed by atoms with Crippen LogP contribution in [-0.4, -0.2) is 38.0 Å². The Bertz CT molecular complexity index is 1130. The van der Waals surface area contributed by atoms with Gasteiger partial charge in [0.25, 0.3) is 10.0 Å². The molecule has 2 aromatic rings. The molecule has 1 heterocycles. The van der Waals surface area contributed by atoms with Gasteiger partial charge in [0.2, 0.25) is 11.6 Å². The fourth-order valence-corrected chi connectivity index (χ4v) is 5.40. The average Bonchev–Trinajstić information content (AvgIpc) is 3.01. The van der Waals surface area contributed by atoms with Crippen LogP contribution in [0.15, 0.2) is 59.1 Å². The molecule has 0 saturated carbocycles. The molecule has 1 saturated heterocycles. The molecule has 1 fully saturated rings. The first-order valence-electron chi connectivity index (χ1n) is 9.84. The van der Waals surface area contributed by atoms with Crippen molar-refractivity contribution in [2.75, 3.05) is 17.8 Å². The standard InChI is InChI=1S/C22H21ClN2O4S/c23-15-9-11-16(12-10-15)24-30(28,29)22-19(25-13-5-1-2-6-14-25)20(26)17-7-3-4-8-18(17)21(22)27/h3-4,7-12,24H,1-2,5-6,13-14H2. The van der Waals surface area contributed by atoms with Gasteiger partial charge in [0.05, 0.1) is 0 Å². The number of likely N-dealkylation sites (tertiary alicyclic amines) is 1. The van der Waals surface area contributed by atoms with Crippen LogP contribution in [0.2, 0.25) is 5.02 Å². The number of nitrogens with one attached hydrogen (secondary N) is 1. The highest BCUT2D eigenvalue weighted by Crippen LogP contribution is 2.33. The molecule has 0 radical (unpaired) electrons. The Labute approximate surface area is 180 Å². The average molecular weight is 445 g/mol. The van der Waals surface area contributed by atoms with E-state index in [1.807, 2.05) is 0 Å². The zero-order valence-corrected chi connectivity index (χ0v) is 17.8. The number of benzene rings is 2. The first kappa shape index (κ1) is 20.6. The molecule has 4 rings (SSSR count). The fourth-order valence-electron chi connectivity index (χ4n) is 3.89.